The number of anilines is 2. The highest BCUT2D eigenvalue weighted by atomic mass is 16.1. The molecule has 6 heteroatoms. The molecule has 0 saturated carbocycles. The van der Waals surface area contributed by atoms with E-state index in [1.165, 1.54) is 4.68 Å². The van der Waals surface area contributed by atoms with Crippen LogP contribution in [0.2, 0.25) is 0 Å². The Morgan fingerprint density at radius 2 is 2.14 bits per heavy atom. The maximum Gasteiger partial charge on any atom is 0.275 e. The second kappa shape index (κ2) is 5.24. The number of aryl methyl sites for hydroxylation is 1. The van der Waals surface area contributed by atoms with E-state index in [1.54, 1.807) is 12.1 Å². The van der Waals surface area contributed by atoms with E-state index in [4.69, 9.17) is 0 Å². The van der Waals surface area contributed by atoms with E-state index >= 15 is 0 Å². The van der Waals surface area contributed by atoms with Gasteiger partial charge in [-0.3, -0.25) is 9.89 Å². The number of benzene rings is 1. The number of hydrogen-bond acceptors (Lipinski definition) is 4. The zero-order valence-corrected chi connectivity index (χ0v) is 11.6. The molecule has 106 valence electrons. The maximum absolute atomic E-state index is 12.3. The minimum absolute atomic E-state index is 0.130. The van der Waals surface area contributed by atoms with Gasteiger partial charge in [-0.15, -0.1) is 6.58 Å². The standard InChI is InChI=1S/C15H15N5O/c1-3-8-20-15(21)12-7-5-4-6-11(12)14(19-20)16-13-9-10(2)17-18-13/h3-7,9H,1,8H2,2H3,(H2,16,17,18,19). The number of fused-ring (bicyclic) bond motifs is 1. The Morgan fingerprint density at radius 1 is 1.38 bits per heavy atom. The first kappa shape index (κ1) is 13.1. The summed E-state index contributed by atoms with van der Waals surface area (Å²) in [6.07, 6.45) is 1.64. The van der Waals surface area contributed by atoms with Gasteiger partial charge in [-0.05, 0) is 13.0 Å². The Labute approximate surface area is 121 Å². The molecular weight excluding hydrogens is 266 g/mol. The minimum atomic E-state index is -0.130. The highest BCUT2D eigenvalue weighted by molar-refractivity contribution is 5.92. The Balaban J connectivity index is 2.18. The van der Waals surface area contributed by atoms with Crippen LogP contribution in [0.3, 0.4) is 0 Å². The monoisotopic (exact) mass is 281 g/mol. The summed E-state index contributed by atoms with van der Waals surface area (Å²) >= 11 is 0. The van der Waals surface area contributed by atoms with Crippen molar-refractivity contribution in [2.45, 2.75) is 13.5 Å². The van der Waals surface area contributed by atoms with Gasteiger partial charge in [-0.1, -0.05) is 24.3 Å². The van der Waals surface area contributed by atoms with Gasteiger partial charge >= 0.3 is 0 Å². The highest BCUT2D eigenvalue weighted by Crippen LogP contribution is 2.21. The maximum atomic E-state index is 12.3. The molecule has 0 bridgehead atoms. The molecule has 0 aliphatic rings. The molecular formula is C15H15N5O. The normalized spacial score (nSPS) is 10.7. The van der Waals surface area contributed by atoms with Crippen LogP contribution in [0.5, 0.6) is 0 Å². The van der Waals surface area contributed by atoms with Gasteiger partial charge in [0.1, 0.15) is 0 Å². The molecule has 0 amide bonds. The lowest BCUT2D eigenvalue weighted by Gasteiger charge is -2.10. The van der Waals surface area contributed by atoms with Crippen molar-refractivity contribution in [3.05, 3.63) is 59.0 Å². The second-order valence-electron chi connectivity index (χ2n) is 4.73. The second-order valence-corrected chi connectivity index (χ2v) is 4.73. The first-order valence-electron chi connectivity index (χ1n) is 6.59. The van der Waals surface area contributed by atoms with Crippen molar-refractivity contribution in [3.63, 3.8) is 0 Å². The molecule has 0 atom stereocenters. The number of nitrogens with one attached hydrogen (secondary N) is 2. The van der Waals surface area contributed by atoms with Crippen LogP contribution in [-0.2, 0) is 6.54 Å². The molecule has 1 aromatic carbocycles. The third-order valence-electron chi connectivity index (χ3n) is 3.12. The van der Waals surface area contributed by atoms with Gasteiger partial charge in [-0.25, -0.2) is 4.68 Å². The predicted molar refractivity (Wildman–Crippen MR) is 82.8 cm³/mol. The van der Waals surface area contributed by atoms with Gasteiger partial charge in [0.05, 0.1) is 11.9 Å². The van der Waals surface area contributed by atoms with Gasteiger partial charge in [0.2, 0.25) is 0 Å². The van der Waals surface area contributed by atoms with Crippen LogP contribution >= 0.6 is 0 Å². The van der Waals surface area contributed by atoms with E-state index in [1.807, 2.05) is 31.2 Å². The smallest absolute Gasteiger partial charge is 0.275 e. The largest absolute Gasteiger partial charge is 0.321 e. The van der Waals surface area contributed by atoms with E-state index in [9.17, 15) is 4.79 Å². The molecule has 2 heterocycles. The fourth-order valence-electron chi connectivity index (χ4n) is 2.18. The molecule has 0 aliphatic carbocycles. The summed E-state index contributed by atoms with van der Waals surface area (Å²) in [5.74, 6) is 1.26. The Kier molecular flexibility index (Phi) is 3.27. The van der Waals surface area contributed by atoms with Crippen LogP contribution in [-0.4, -0.2) is 20.0 Å². The van der Waals surface area contributed by atoms with E-state index in [2.05, 4.69) is 27.2 Å². The molecule has 2 N–H and O–H groups in total. The Bertz CT molecular complexity index is 862. The van der Waals surface area contributed by atoms with E-state index in [-0.39, 0.29) is 5.56 Å². The fraction of sp³-hybridized carbons (Fsp3) is 0.133. The first-order chi connectivity index (χ1) is 10.2. The van der Waals surface area contributed by atoms with E-state index in [0.29, 0.717) is 23.6 Å². The summed E-state index contributed by atoms with van der Waals surface area (Å²) in [7, 11) is 0. The van der Waals surface area contributed by atoms with Crippen molar-refractivity contribution in [1.82, 2.24) is 20.0 Å². The van der Waals surface area contributed by atoms with Crippen molar-refractivity contribution in [1.29, 1.82) is 0 Å². The molecule has 0 spiro atoms. The van der Waals surface area contributed by atoms with Gasteiger partial charge in [-0.2, -0.15) is 10.2 Å². The number of aromatic amines is 1. The lowest BCUT2D eigenvalue weighted by molar-refractivity contribution is 0.665. The molecule has 21 heavy (non-hydrogen) atoms. The lowest BCUT2D eigenvalue weighted by atomic mass is 10.2. The molecule has 3 rings (SSSR count). The van der Waals surface area contributed by atoms with Crippen molar-refractivity contribution in [2.24, 2.45) is 0 Å². The number of aromatic nitrogens is 4. The predicted octanol–water partition coefficient (Wildman–Crippen LogP) is 2.36. The topological polar surface area (TPSA) is 75.6 Å². The van der Waals surface area contributed by atoms with Crippen molar-refractivity contribution in [3.8, 4) is 0 Å². The Hall–Kier alpha value is -2.89. The molecule has 0 radical (unpaired) electrons. The van der Waals surface area contributed by atoms with E-state index < -0.39 is 0 Å². The number of H-pyrrole nitrogens is 1. The third kappa shape index (κ3) is 2.43. The minimum Gasteiger partial charge on any atom is -0.321 e. The molecule has 0 unspecified atom stereocenters. The average molecular weight is 281 g/mol. The van der Waals surface area contributed by atoms with Gasteiger partial charge < -0.3 is 5.32 Å². The summed E-state index contributed by atoms with van der Waals surface area (Å²) in [6, 6.07) is 9.25. The van der Waals surface area contributed by atoms with Gasteiger partial charge in [0.25, 0.3) is 5.56 Å². The number of rotatable bonds is 4. The summed E-state index contributed by atoms with van der Waals surface area (Å²) in [4.78, 5) is 12.3. The van der Waals surface area contributed by atoms with Gasteiger partial charge in [0.15, 0.2) is 11.6 Å². The highest BCUT2D eigenvalue weighted by Gasteiger charge is 2.10. The fourth-order valence-corrected chi connectivity index (χ4v) is 2.18. The van der Waals surface area contributed by atoms with Crippen molar-refractivity contribution in [2.75, 3.05) is 5.32 Å². The van der Waals surface area contributed by atoms with Crippen LogP contribution in [0.4, 0.5) is 11.6 Å². The molecule has 3 aromatic rings. The summed E-state index contributed by atoms with van der Waals surface area (Å²) in [5.41, 5.74) is 0.815. The molecule has 0 aliphatic heterocycles. The molecule has 2 aromatic heterocycles. The van der Waals surface area contributed by atoms with Gasteiger partial charge in [0, 0.05) is 17.1 Å². The summed E-state index contributed by atoms with van der Waals surface area (Å²) < 4.78 is 1.39. The lowest BCUT2D eigenvalue weighted by Crippen LogP contribution is -2.23. The first-order valence-corrected chi connectivity index (χ1v) is 6.59. The summed E-state index contributed by atoms with van der Waals surface area (Å²) in [5, 5.41) is 15.9. The van der Waals surface area contributed by atoms with Crippen molar-refractivity contribution >= 4 is 22.4 Å². The van der Waals surface area contributed by atoms with Crippen LogP contribution in [0.15, 0.2) is 47.8 Å². The average Bonchev–Trinajstić information content (AvgIpc) is 2.89. The molecule has 0 fully saturated rings. The number of hydrogen-bond donors (Lipinski definition) is 2. The quantitative estimate of drug-likeness (QED) is 0.720. The molecule has 6 nitrogen and oxygen atoms in total. The van der Waals surface area contributed by atoms with E-state index in [0.717, 1.165) is 11.1 Å². The third-order valence-corrected chi connectivity index (χ3v) is 3.12. The number of allylic oxidation sites excluding steroid dienone is 1. The van der Waals surface area contributed by atoms with Crippen LogP contribution in [0.25, 0.3) is 10.8 Å². The molecule has 0 saturated heterocycles. The van der Waals surface area contributed by atoms with Crippen LogP contribution in [0.1, 0.15) is 5.69 Å². The van der Waals surface area contributed by atoms with Crippen LogP contribution < -0.4 is 10.9 Å². The summed E-state index contributed by atoms with van der Waals surface area (Å²) in [6.45, 7) is 5.93. The number of nitrogens with zero attached hydrogens (tertiary/aromatic N) is 3. The van der Waals surface area contributed by atoms with Crippen molar-refractivity contribution < 1.29 is 0 Å². The zero-order chi connectivity index (χ0) is 14.8. The zero-order valence-electron chi connectivity index (χ0n) is 11.6. The SMILES string of the molecule is C=CCn1nc(Nc2cc(C)[nH]n2)c2ccccc2c1=O. The Morgan fingerprint density at radius 3 is 2.81 bits per heavy atom. The van der Waals surface area contributed by atoms with Crippen LogP contribution in [0, 0.1) is 6.92 Å².